The molecule has 0 saturated heterocycles. The summed E-state index contributed by atoms with van der Waals surface area (Å²) >= 11 is 8.88. The second-order valence-electron chi connectivity index (χ2n) is 5.86. The number of hydrogen-bond donors (Lipinski definition) is 1. The Labute approximate surface area is 161 Å². The third kappa shape index (κ3) is 2.69. The lowest BCUT2D eigenvalue weighted by molar-refractivity contribution is -0.138. The lowest BCUT2D eigenvalue weighted by Gasteiger charge is -2.31. The number of alkyl halides is 3. The summed E-state index contributed by atoms with van der Waals surface area (Å²) in [6, 6.07) is 6.56. The summed E-state index contributed by atoms with van der Waals surface area (Å²) < 4.78 is 41.9. The van der Waals surface area contributed by atoms with E-state index in [0.29, 0.717) is 5.02 Å². The number of benzene rings is 1. The van der Waals surface area contributed by atoms with Gasteiger partial charge in [0.25, 0.3) is 0 Å². The van der Waals surface area contributed by atoms with Crippen LogP contribution in [-0.2, 0) is 11.0 Å². The summed E-state index contributed by atoms with van der Waals surface area (Å²) in [6.45, 7) is 1.91. The van der Waals surface area contributed by atoms with Gasteiger partial charge in [-0.15, -0.1) is 11.3 Å². The van der Waals surface area contributed by atoms with Crippen LogP contribution in [0.4, 0.5) is 13.2 Å². The Bertz CT molecular complexity index is 1020. The number of nitrogens with zero attached hydrogens (tertiary/aromatic N) is 1. The van der Waals surface area contributed by atoms with E-state index in [0.717, 1.165) is 26.6 Å². The van der Waals surface area contributed by atoms with Crippen LogP contribution in [0.3, 0.4) is 0 Å². The smallest absolute Gasteiger partial charge is 0.368 e. The van der Waals surface area contributed by atoms with Crippen molar-refractivity contribution in [2.75, 3.05) is 0 Å². The van der Waals surface area contributed by atoms with Crippen LogP contribution in [0.5, 0.6) is 0 Å². The molecule has 134 valence electrons. The Morgan fingerprint density at radius 3 is 2.73 bits per heavy atom. The third-order valence-electron chi connectivity index (χ3n) is 4.32. The van der Waals surface area contributed by atoms with Gasteiger partial charge >= 0.3 is 6.18 Å². The number of thiophene rings is 1. The molecule has 3 heterocycles. The zero-order valence-electron chi connectivity index (χ0n) is 13.4. The first-order valence-electron chi connectivity index (χ1n) is 7.64. The van der Waals surface area contributed by atoms with Gasteiger partial charge in [-0.25, -0.2) is 0 Å². The predicted molar refractivity (Wildman–Crippen MR) is 101 cm³/mol. The third-order valence-corrected chi connectivity index (χ3v) is 7.25. The number of aryl methyl sites for hydroxylation is 1. The fourth-order valence-electron chi connectivity index (χ4n) is 3.16. The molecule has 1 aromatic carbocycles. The molecule has 0 radical (unpaired) electrons. The Morgan fingerprint density at radius 1 is 1.23 bits per heavy atom. The fraction of sp³-hybridized carbons (Fsp3) is 0.167. The summed E-state index contributed by atoms with van der Waals surface area (Å²) in [7, 11) is 0. The SMILES string of the molecule is Cc1c(C2(c3cnccc3C(F)(F)F)NC=CS2)sc2ccc(Cl)cc12. The number of thioether (sulfide) groups is 1. The molecule has 0 bridgehead atoms. The van der Waals surface area contributed by atoms with Crippen LogP contribution in [0.15, 0.2) is 48.3 Å². The number of pyridine rings is 1. The molecule has 4 rings (SSSR count). The molecule has 2 aromatic heterocycles. The topological polar surface area (TPSA) is 24.9 Å². The van der Waals surface area contributed by atoms with E-state index >= 15 is 0 Å². The van der Waals surface area contributed by atoms with Crippen molar-refractivity contribution >= 4 is 44.8 Å². The van der Waals surface area contributed by atoms with Gasteiger partial charge in [0.1, 0.15) is 0 Å². The van der Waals surface area contributed by atoms with Gasteiger partial charge in [-0.1, -0.05) is 23.4 Å². The molecule has 3 aromatic rings. The second-order valence-corrected chi connectivity index (χ2v) is 8.47. The van der Waals surface area contributed by atoms with Crippen molar-refractivity contribution in [2.24, 2.45) is 0 Å². The van der Waals surface area contributed by atoms with Crippen LogP contribution < -0.4 is 5.32 Å². The van der Waals surface area contributed by atoms with Crippen LogP contribution in [-0.4, -0.2) is 4.98 Å². The minimum atomic E-state index is -4.47. The lowest BCUT2D eigenvalue weighted by Crippen LogP contribution is -2.36. The first kappa shape index (κ1) is 17.7. The summed E-state index contributed by atoms with van der Waals surface area (Å²) in [5.74, 6) is 0. The van der Waals surface area contributed by atoms with Crippen LogP contribution in [0.25, 0.3) is 10.1 Å². The van der Waals surface area contributed by atoms with E-state index in [2.05, 4.69) is 10.3 Å². The minimum absolute atomic E-state index is 0.100. The summed E-state index contributed by atoms with van der Waals surface area (Å²) in [4.78, 5) is 3.71. The molecule has 2 nitrogen and oxygen atoms in total. The average molecular weight is 413 g/mol. The Hall–Kier alpha value is -1.70. The largest absolute Gasteiger partial charge is 0.416 e. The minimum Gasteiger partial charge on any atom is -0.368 e. The van der Waals surface area contributed by atoms with Crippen LogP contribution >= 0.6 is 34.7 Å². The van der Waals surface area contributed by atoms with Gasteiger partial charge in [-0.2, -0.15) is 13.2 Å². The number of rotatable bonds is 2. The monoisotopic (exact) mass is 412 g/mol. The van der Waals surface area contributed by atoms with Crippen molar-refractivity contribution in [3.63, 3.8) is 0 Å². The van der Waals surface area contributed by atoms with E-state index < -0.39 is 16.6 Å². The number of halogens is 4. The van der Waals surface area contributed by atoms with Crippen molar-refractivity contribution in [3.8, 4) is 0 Å². The summed E-state index contributed by atoms with van der Waals surface area (Å²) in [6.07, 6.45) is -0.324. The van der Waals surface area contributed by atoms with Gasteiger partial charge in [-0.05, 0) is 47.5 Å². The molecular weight excluding hydrogens is 401 g/mol. The quantitative estimate of drug-likeness (QED) is 0.535. The number of fused-ring (bicyclic) bond motifs is 1. The fourth-order valence-corrected chi connectivity index (χ4v) is 5.88. The molecule has 0 spiro atoms. The Kier molecular flexibility index (Phi) is 4.21. The van der Waals surface area contributed by atoms with Crippen molar-refractivity contribution < 1.29 is 13.2 Å². The van der Waals surface area contributed by atoms with Crippen molar-refractivity contribution in [2.45, 2.75) is 18.0 Å². The average Bonchev–Trinajstić information content (AvgIpc) is 3.21. The van der Waals surface area contributed by atoms with E-state index in [1.165, 1.54) is 35.5 Å². The van der Waals surface area contributed by atoms with E-state index in [4.69, 9.17) is 11.6 Å². The molecular formula is C18H12ClF3N2S2. The second kappa shape index (κ2) is 6.18. The first-order chi connectivity index (χ1) is 12.3. The van der Waals surface area contributed by atoms with E-state index in [9.17, 15) is 13.2 Å². The maximum Gasteiger partial charge on any atom is 0.416 e. The van der Waals surface area contributed by atoms with Crippen LogP contribution in [0, 0.1) is 6.92 Å². The normalized spacial score (nSPS) is 19.9. The standard InChI is InChI=1S/C18H12ClF3N2S2/c1-10-12-8-11(19)2-3-15(12)26-16(10)17(24-6-7-25-17)14-9-23-5-4-13(14)18(20,21)22/h2-9,24H,1H3. The van der Waals surface area contributed by atoms with Gasteiger partial charge in [0.05, 0.1) is 5.56 Å². The molecule has 0 amide bonds. The highest BCUT2D eigenvalue weighted by Gasteiger charge is 2.46. The first-order valence-corrected chi connectivity index (χ1v) is 9.72. The number of hydrogen-bond acceptors (Lipinski definition) is 4. The summed E-state index contributed by atoms with van der Waals surface area (Å²) in [5.41, 5.74) is 0.322. The highest BCUT2D eigenvalue weighted by atomic mass is 35.5. The predicted octanol–water partition coefficient (Wildman–Crippen LogP) is 6.29. The maximum absolute atomic E-state index is 13.6. The van der Waals surface area contributed by atoms with Crippen molar-refractivity contribution in [1.29, 1.82) is 0 Å². The highest BCUT2D eigenvalue weighted by molar-refractivity contribution is 8.03. The van der Waals surface area contributed by atoms with Gasteiger partial charge < -0.3 is 5.32 Å². The van der Waals surface area contributed by atoms with Crippen LogP contribution in [0.1, 0.15) is 21.6 Å². The zero-order valence-corrected chi connectivity index (χ0v) is 15.8. The van der Waals surface area contributed by atoms with Gasteiger partial charge in [0, 0.05) is 38.8 Å². The molecule has 1 atom stereocenters. The van der Waals surface area contributed by atoms with Gasteiger partial charge in [-0.3, -0.25) is 4.98 Å². The van der Waals surface area contributed by atoms with Crippen LogP contribution in [0.2, 0.25) is 5.02 Å². The van der Waals surface area contributed by atoms with E-state index in [1.54, 1.807) is 17.7 Å². The van der Waals surface area contributed by atoms with Crippen molar-refractivity contribution in [3.05, 3.63) is 74.9 Å². The van der Waals surface area contributed by atoms with Gasteiger partial charge in [0.2, 0.25) is 0 Å². The maximum atomic E-state index is 13.6. The molecule has 0 aliphatic carbocycles. The molecule has 0 fully saturated rings. The van der Waals surface area contributed by atoms with Gasteiger partial charge in [0.15, 0.2) is 4.87 Å². The molecule has 1 aliphatic heterocycles. The lowest BCUT2D eigenvalue weighted by atomic mass is 9.97. The Balaban J connectivity index is 2.00. The zero-order chi connectivity index (χ0) is 18.5. The van der Waals surface area contributed by atoms with E-state index in [1.807, 2.05) is 19.1 Å². The van der Waals surface area contributed by atoms with Crippen molar-refractivity contribution in [1.82, 2.24) is 10.3 Å². The molecule has 8 heteroatoms. The molecule has 1 unspecified atom stereocenters. The number of aromatic nitrogens is 1. The number of nitrogens with one attached hydrogen (secondary N) is 1. The molecule has 0 saturated carbocycles. The summed E-state index contributed by atoms with van der Waals surface area (Å²) in [5, 5.41) is 6.47. The molecule has 1 N–H and O–H groups in total. The highest BCUT2D eigenvalue weighted by Crippen LogP contribution is 2.52. The van der Waals surface area contributed by atoms with E-state index in [-0.39, 0.29) is 5.56 Å². The Morgan fingerprint density at radius 2 is 2.04 bits per heavy atom. The molecule has 1 aliphatic rings. The molecule has 26 heavy (non-hydrogen) atoms.